The van der Waals surface area contributed by atoms with Crippen LogP contribution in [0.4, 0.5) is 0 Å². The number of benzene rings is 1. The molecular weight excluding hydrogens is 630 g/mol. The highest BCUT2D eigenvalue weighted by atomic mass is 35.5. The number of halogens is 1. The van der Waals surface area contributed by atoms with Crippen LogP contribution in [0.1, 0.15) is 225 Å². The van der Waals surface area contributed by atoms with Gasteiger partial charge in [0.25, 0.3) is 0 Å². The summed E-state index contributed by atoms with van der Waals surface area (Å²) in [7, 11) is 0. The molecule has 0 N–H and O–H groups in total. The minimum Gasteiger partial charge on any atom is -1.00 e. The molecule has 294 valence electrons. The van der Waals surface area contributed by atoms with E-state index in [4.69, 9.17) is 4.74 Å². The molecule has 1 aliphatic rings. The van der Waals surface area contributed by atoms with Crippen molar-refractivity contribution in [2.45, 2.75) is 232 Å². The topological polar surface area (TPSA) is 12.5 Å². The largest absolute Gasteiger partial charge is 1.00 e. The van der Waals surface area contributed by atoms with Gasteiger partial charge in [-0.05, 0) is 44.1 Å². The quantitative estimate of drug-likeness (QED) is 0.0375. The van der Waals surface area contributed by atoms with Gasteiger partial charge in [-0.1, -0.05) is 211 Å². The SMILES string of the molecule is CCCCCCCCCCCCCCCCCC[N+](CCC)(CCCCCCCCCCCCCCCCC1CO1)CCc1ccccc1.[Cl-]. The van der Waals surface area contributed by atoms with Crippen LogP contribution in [0.2, 0.25) is 0 Å². The Balaban J connectivity index is 0.0000125. The standard InChI is InChI=1S/C47H88NO.ClH/c1-3-5-6-7-8-9-10-11-12-14-17-20-23-26-29-35-42-48(41-4-2,44-40-46-37-32-31-33-38-46)43-36-30-27-24-21-18-15-13-16-19-22-25-28-34-39-47-45-49-47;/h31-33,37-38,47H,3-30,34-36,39-45H2,1-2H3;1H/q+1;/p-1. The van der Waals surface area contributed by atoms with Gasteiger partial charge in [-0.3, -0.25) is 0 Å². The van der Waals surface area contributed by atoms with E-state index in [1.807, 2.05) is 0 Å². The van der Waals surface area contributed by atoms with Gasteiger partial charge in [0.2, 0.25) is 0 Å². The van der Waals surface area contributed by atoms with E-state index in [0.717, 1.165) is 6.61 Å². The monoisotopic (exact) mass is 718 g/mol. The van der Waals surface area contributed by atoms with Crippen molar-refractivity contribution in [3.63, 3.8) is 0 Å². The zero-order valence-corrected chi connectivity index (χ0v) is 34.8. The lowest BCUT2D eigenvalue weighted by molar-refractivity contribution is -0.928. The second-order valence-electron chi connectivity index (χ2n) is 16.5. The molecular formula is C47H88ClNO. The third-order valence-electron chi connectivity index (χ3n) is 11.7. The minimum atomic E-state index is 0. The smallest absolute Gasteiger partial charge is 0.0827 e. The lowest BCUT2D eigenvalue weighted by Crippen LogP contribution is -3.00. The number of ether oxygens (including phenoxy) is 1. The molecule has 2 nitrogen and oxygen atoms in total. The molecule has 1 fully saturated rings. The molecule has 0 radical (unpaired) electrons. The van der Waals surface area contributed by atoms with E-state index in [0.29, 0.717) is 6.10 Å². The Morgan fingerprint density at radius 1 is 0.440 bits per heavy atom. The maximum Gasteiger partial charge on any atom is 0.0827 e. The molecule has 0 aliphatic carbocycles. The van der Waals surface area contributed by atoms with Gasteiger partial charge in [0.1, 0.15) is 0 Å². The average molecular weight is 719 g/mol. The van der Waals surface area contributed by atoms with Gasteiger partial charge in [0.15, 0.2) is 0 Å². The molecule has 0 bridgehead atoms. The number of quaternary nitrogens is 1. The highest BCUT2D eigenvalue weighted by Gasteiger charge is 2.25. The molecule has 0 spiro atoms. The Morgan fingerprint density at radius 2 is 0.800 bits per heavy atom. The molecule has 0 aromatic heterocycles. The van der Waals surface area contributed by atoms with Crippen LogP contribution < -0.4 is 12.4 Å². The summed E-state index contributed by atoms with van der Waals surface area (Å²) in [6, 6.07) is 11.3. The molecule has 0 saturated carbocycles. The Kier molecular flexibility index (Phi) is 33.7. The molecule has 0 amide bonds. The summed E-state index contributed by atoms with van der Waals surface area (Å²) in [6.45, 7) is 11.3. The fourth-order valence-corrected chi connectivity index (χ4v) is 8.33. The Bertz CT molecular complexity index is 798. The Labute approximate surface area is 321 Å². The molecule has 1 aromatic carbocycles. The van der Waals surface area contributed by atoms with E-state index in [2.05, 4.69) is 44.2 Å². The molecule has 1 heterocycles. The predicted molar refractivity (Wildman–Crippen MR) is 219 cm³/mol. The minimum absolute atomic E-state index is 0. The molecule has 1 aromatic rings. The van der Waals surface area contributed by atoms with Crippen LogP contribution >= 0.6 is 0 Å². The summed E-state index contributed by atoms with van der Waals surface area (Å²) in [5.41, 5.74) is 1.53. The Morgan fingerprint density at radius 3 is 1.16 bits per heavy atom. The van der Waals surface area contributed by atoms with Crippen LogP contribution in [-0.2, 0) is 11.2 Å². The first-order chi connectivity index (χ1) is 24.3. The summed E-state index contributed by atoms with van der Waals surface area (Å²) < 4.78 is 6.69. The summed E-state index contributed by atoms with van der Waals surface area (Å²) in [5.74, 6) is 0. The van der Waals surface area contributed by atoms with E-state index >= 15 is 0 Å². The molecule has 2 atom stereocenters. The van der Waals surface area contributed by atoms with Crippen molar-refractivity contribution in [3.05, 3.63) is 35.9 Å². The van der Waals surface area contributed by atoms with Gasteiger partial charge in [-0.25, -0.2) is 0 Å². The zero-order chi connectivity index (χ0) is 34.8. The maximum atomic E-state index is 5.32. The van der Waals surface area contributed by atoms with Gasteiger partial charge in [-0.15, -0.1) is 0 Å². The number of hydrogen-bond donors (Lipinski definition) is 0. The highest BCUT2D eigenvalue weighted by Crippen LogP contribution is 2.21. The fraction of sp³-hybridized carbons (Fsp3) is 0.872. The van der Waals surface area contributed by atoms with Crippen molar-refractivity contribution in [1.29, 1.82) is 0 Å². The van der Waals surface area contributed by atoms with E-state index < -0.39 is 0 Å². The van der Waals surface area contributed by atoms with E-state index in [-0.39, 0.29) is 12.4 Å². The normalized spacial score (nSPS) is 15.2. The number of epoxide rings is 1. The molecule has 2 rings (SSSR count). The van der Waals surface area contributed by atoms with Crippen molar-refractivity contribution in [1.82, 2.24) is 0 Å². The first kappa shape index (κ1) is 47.5. The van der Waals surface area contributed by atoms with Crippen LogP contribution in [0, 0.1) is 0 Å². The van der Waals surface area contributed by atoms with Crippen LogP contribution in [0.15, 0.2) is 30.3 Å². The first-order valence-corrected chi connectivity index (χ1v) is 22.8. The average Bonchev–Trinajstić information content (AvgIpc) is 3.95. The predicted octanol–water partition coefficient (Wildman–Crippen LogP) is 12.0. The van der Waals surface area contributed by atoms with Crippen molar-refractivity contribution in [2.75, 3.05) is 32.8 Å². The van der Waals surface area contributed by atoms with Crippen molar-refractivity contribution in [3.8, 4) is 0 Å². The highest BCUT2D eigenvalue weighted by molar-refractivity contribution is 5.14. The third kappa shape index (κ3) is 28.9. The lowest BCUT2D eigenvalue weighted by Gasteiger charge is -2.39. The number of hydrogen-bond acceptors (Lipinski definition) is 1. The summed E-state index contributed by atoms with van der Waals surface area (Å²) in [6.07, 6.45) is 48.1. The van der Waals surface area contributed by atoms with Crippen molar-refractivity contribution >= 4 is 0 Å². The summed E-state index contributed by atoms with van der Waals surface area (Å²) >= 11 is 0. The summed E-state index contributed by atoms with van der Waals surface area (Å²) in [4.78, 5) is 0. The molecule has 1 aliphatic heterocycles. The zero-order valence-electron chi connectivity index (χ0n) is 34.1. The van der Waals surface area contributed by atoms with Crippen LogP contribution in [0.25, 0.3) is 0 Å². The first-order valence-electron chi connectivity index (χ1n) is 22.8. The van der Waals surface area contributed by atoms with Gasteiger partial charge < -0.3 is 21.6 Å². The summed E-state index contributed by atoms with van der Waals surface area (Å²) in [5, 5.41) is 0. The Hall–Kier alpha value is -0.570. The maximum absolute atomic E-state index is 5.32. The molecule has 2 unspecified atom stereocenters. The molecule has 1 saturated heterocycles. The van der Waals surface area contributed by atoms with Crippen LogP contribution in [0.3, 0.4) is 0 Å². The van der Waals surface area contributed by atoms with E-state index in [1.54, 1.807) is 0 Å². The third-order valence-corrected chi connectivity index (χ3v) is 11.7. The molecule has 3 heteroatoms. The number of nitrogens with zero attached hydrogens (tertiary/aromatic N) is 1. The number of unbranched alkanes of at least 4 members (excludes halogenated alkanes) is 28. The second-order valence-corrected chi connectivity index (χ2v) is 16.5. The van der Waals surface area contributed by atoms with Gasteiger partial charge >= 0.3 is 0 Å². The van der Waals surface area contributed by atoms with E-state index in [1.165, 1.54) is 248 Å². The number of rotatable bonds is 39. The van der Waals surface area contributed by atoms with Gasteiger partial charge in [0, 0.05) is 6.42 Å². The van der Waals surface area contributed by atoms with Crippen LogP contribution in [0.5, 0.6) is 0 Å². The lowest BCUT2D eigenvalue weighted by atomic mass is 10.0. The van der Waals surface area contributed by atoms with Crippen molar-refractivity contribution < 1.29 is 21.6 Å². The van der Waals surface area contributed by atoms with Gasteiger partial charge in [-0.2, -0.15) is 0 Å². The second kappa shape index (κ2) is 35.5. The van der Waals surface area contributed by atoms with Crippen LogP contribution in [-0.4, -0.2) is 43.4 Å². The van der Waals surface area contributed by atoms with Crippen molar-refractivity contribution in [2.24, 2.45) is 0 Å². The molecule has 50 heavy (non-hydrogen) atoms. The van der Waals surface area contributed by atoms with E-state index in [9.17, 15) is 0 Å². The fourth-order valence-electron chi connectivity index (χ4n) is 8.33. The van der Waals surface area contributed by atoms with Gasteiger partial charge in [0.05, 0.1) is 38.9 Å².